The van der Waals surface area contributed by atoms with E-state index < -0.39 is 0 Å². The number of rotatable bonds is 4. The summed E-state index contributed by atoms with van der Waals surface area (Å²) in [5, 5.41) is 9.82. The van der Waals surface area contributed by atoms with E-state index in [2.05, 4.69) is 17.9 Å². The van der Waals surface area contributed by atoms with Gasteiger partial charge in [0.2, 0.25) is 0 Å². The number of fused-ring (bicyclic) bond motifs is 3. The molecule has 156 valence electrons. The van der Waals surface area contributed by atoms with Crippen molar-refractivity contribution in [2.24, 2.45) is 5.92 Å². The molecule has 1 N–H and O–H groups in total. The van der Waals surface area contributed by atoms with Crippen LogP contribution < -0.4 is 0 Å². The van der Waals surface area contributed by atoms with Gasteiger partial charge in [-0.15, -0.1) is 0 Å². The van der Waals surface area contributed by atoms with E-state index in [1.165, 1.54) is 0 Å². The van der Waals surface area contributed by atoms with Crippen molar-refractivity contribution in [1.29, 1.82) is 0 Å². The van der Waals surface area contributed by atoms with Gasteiger partial charge in [-0.3, -0.25) is 4.79 Å². The zero-order chi connectivity index (χ0) is 21.0. The third-order valence-electron chi connectivity index (χ3n) is 5.64. The summed E-state index contributed by atoms with van der Waals surface area (Å²) in [6.45, 7) is 5.74. The number of aliphatic hydroxyl groups excluding tert-OH is 1. The fraction of sp³-hybridized carbons (Fsp3) is 0.458. The predicted molar refractivity (Wildman–Crippen MR) is 116 cm³/mol. The van der Waals surface area contributed by atoms with Crippen LogP contribution in [0.1, 0.15) is 29.8 Å². The lowest BCUT2D eigenvalue weighted by molar-refractivity contribution is -0.0201. The van der Waals surface area contributed by atoms with Crippen LogP contribution in [0.25, 0.3) is 11.1 Å². The van der Waals surface area contributed by atoms with Crippen LogP contribution in [0.4, 0.5) is 0 Å². The third-order valence-corrected chi connectivity index (χ3v) is 5.64. The third kappa shape index (κ3) is 4.86. The highest BCUT2D eigenvalue weighted by molar-refractivity contribution is 6.01. The van der Waals surface area contributed by atoms with Crippen molar-refractivity contribution in [2.75, 3.05) is 33.8 Å². The van der Waals surface area contributed by atoms with E-state index in [1.54, 1.807) is 4.90 Å². The van der Waals surface area contributed by atoms with E-state index in [-0.39, 0.29) is 30.6 Å². The summed E-state index contributed by atoms with van der Waals surface area (Å²) < 4.78 is 6.39. The molecular weight excluding hydrogens is 364 g/mol. The Morgan fingerprint density at radius 3 is 2.38 bits per heavy atom. The first-order chi connectivity index (χ1) is 13.9. The molecule has 1 aliphatic heterocycles. The minimum atomic E-state index is -0.269. The molecule has 3 atom stereocenters. The van der Waals surface area contributed by atoms with E-state index in [0.29, 0.717) is 18.7 Å². The van der Waals surface area contributed by atoms with Gasteiger partial charge in [-0.1, -0.05) is 49.4 Å². The van der Waals surface area contributed by atoms with Crippen molar-refractivity contribution in [2.45, 2.75) is 32.6 Å². The lowest BCUT2D eigenvalue weighted by atomic mass is 9.94. The van der Waals surface area contributed by atoms with E-state index >= 15 is 0 Å². The molecule has 1 aliphatic rings. The molecule has 1 amide bonds. The standard InChI is InChI=1S/C24H32N2O3/c1-17-13-26(18(2)15-27)24(28)22-12-8-7-11-21(22)20-10-6-5-9-19(20)16-29-23(17)14-25(3)4/h5-12,17-18,23,27H,13-16H2,1-4H3/t17-,18+,23-/m1/s1. The molecule has 0 radical (unpaired) electrons. The number of hydrogen-bond donors (Lipinski definition) is 1. The Hall–Kier alpha value is -2.21. The zero-order valence-corrected chi connectivity index (χ0v) is 17.8. The van der Waals surface area contributed by atoms with Gasteiger partial charge < -0.3 is 19.6 Å². The number of nitrogens with zero attached hydrogens (tertiary/aromatic N) is 2. The molecule has 0 saturated heterocycles. The SMILES string of the molecule is C[C@@H]1CN([C@@H](C)CO)C(=O)c2ccccc2-c2ccccc2CO[C@@H]1CN(C)C. The number of carbonyl (C=O) groups excluding carboxylic acids is 1. The van der Waals surface area contributed by atoms with Crippen LogP contribution in [0, 0.1) is 5.92 Å². The average Bonchev–Trinajstić information content (AvgIpc) is 2.74. The van der Waals surface area contributed by atoms with Crippen LogP contribution in [-0.4, -0.2) is 66.8 Å². The van der Waals surface area contributed by atoms with Crippen molar-refractivity contribution >= 4 is 5.91 Å². The topological polar surface area (TPSA) is 53.0 Å². The van der Waals surface area contributed by atoms with Gasteiger partial charge in [0.05, 0.1) is 25.4 Å². The molecule has 0 saturated carbocycles. The van der Waals surface area contributed by atoms with E-state index in [1.807, 2.05) is 63.5 Å². The Morgan fingerprint density at radius 2 is 1.72 bits per heavy atom. The highest BCUT2D eigenvalue weighted by atomic mass is 16.5. The minimum absolute atomic E-state index is 0.0274. The number of ether oxygens (including phenoxy) is 1. The van der Waals surface area contributed by atoms with Crippen molar-refractivity contribution in [1.82, 2.24) is 9.80 Å². The Kier molecular flexibility index (Phi) is 7.06. The summed E-state index contributed by atoms with van der Waals surface area (Å²) in [5.41, 5.74) is 3.67. The summed E-state index contributed by atoms with van der Waals surface area (Å²) in [5.74, 6) is 0.0714. The summed E-state index contributed by atoms with van der Waals surface area (Å²) in [6.07, 6.45) is -0.0274. The van der Waals surface area contributed by atoms with Gasteiger partial charge in [0.15, 0.2) is 0 Å². The maximum absolute atomic E-state index is 13.6. The first-order valence-corrected chi connectivity index (χ1v) is 10.3. The Balaban J connectivity index is 2.13. The van der Waals surface area contributed by atoms with Crippen LogP contribution in [0.2, 0.25) is 0 Å². The molecule has 0 aliphatic carbocycles. The largest absolute Gasteiger partial charge is 0.394 e. The van der Waals surface area contributed by atoms with Gasteiger partial charge in [0.25, 0.3) is 5.91 Å². The summed E-state index contributed by atoms with van der Waals surface area (Å²) in [7, 11) is 4.06. The number of likely N-dealkylation sites (N-methyl/N-ethyl adjacent to an activating group) is 1. The van der Waals surface area contributed by atoms with Crippen LogP contribution >= 0.6 is 0 Å². The molecule has 0 unspecified atom stereocenters. The molecule has 0 fully saturated rings. The molecule has 0 bridgehead atoms. The fourth-order valence-electron chi connectivity index (χ4n) is 3.91. The fourth-order valence-corrected chi connectivity index (χ4v) is 3.91. The van der Waals surface area contributed by atoms with E-state index in [4.69, 9.17) is 4.74 Å². The number of aliphatic hydroxyl groups is 1. The Labute approximate surface area is 173 Å². The second-order valence-electron chi connectivity index (χ2n) is 8.28. The minimum Gasteiger partial charge on any atom is -0.394 e. The molecule has 5 nitrogen and oxygen atoms in total. The van der Waals surface area contributed by atoms with Crippen LogP contribution in [-0.2, 0) is 11.3 Å². The first-order valence-electron chi connectivity index (χ1n) is 10.3. The highest BCUT2D eigenvalue weighted by Crippen LogP contribution is 2.31. The Morgan fingerprint density at radius 1 is 1.10 bits per heavy atom. The highest BCUT2D eigenvalue weighted by Gasteiger charge is 2.30. The van der Waals surface area contributed by atoms with Gasteiger partial charge >= 0.3 is 0 Å². The number of hydrogen-bond acceptors (Lipinski definition) is 4. The van der Waals surface area contributed by atoms with Gasteiger partial charge in [-0.05, 0) is 43.8 Å². The first kappa shape index (κ1) is 21.5. The molecule has 29 heavy (non-hydrogen) atoms. The zero-order valence-electron chi connectivity index (χ0n) is 17.8. The summed E-state index contributed by atoms with van der Waals surface area (Å²) >= 11 is 0. The molecule has 1 heterocycles. The molecule has 0 spiro atoms. The maximum atomic E-state index is 13.6. The van der Waals surface area contributed by atoms with Gasteiger partial charge in [-0.25, -0.2) is 0 Å². The van der Waals surface area contributed by atoms with Crippen LogP contribution in [0.5, 0.6) is 0 Å². The van der Waals surface area contributed by atoms with Crippen molar-refractivity contribution in [3.8, 4) is 11.1 Å². The Bertz CT molecular complexity index is 836. The maximum Gasteiger partial charge on any atom is 0.254 e. The number of carbonyl (C=O) groups is 1. The van der Waals surface area contributed by atoms with E-state index in [9.17, 15) is 9.90 Å². The summed E-state index contributed by atoms with van der Waals surface area (Å²) in [6, 6.07) is 15.6. The quantitative estimate of drug-likeness (QED) is 0.862. The van der Waals surface area contributed by atoms with Crippen LogP contribution in [0.3, 0.4) is 0 Å². The lowest BCUT2D eigenvalue weighted by Crippen LogP contribution is -2.46. The monoisotopic (exact) mass is 396 g/mol. The molecular formula is C24H32N2O3. The van der Waals surface area contributed by atoms with E-state index in [0.717, 1.165) is 23.2 Å². The lowest BCUT2D eigenvalue weighted by Gasteiger charge is -2.34. The predicted octanol–water partition coefficient (Wildman–Crippen LogP) is 3.27. The van der Waals surface area contributed by atoms with Crippen LogP contribution in [0.15, 0.2) is 48.5 Å². The second kappa shape index (κ2) is 9.53. The second-order valence-corrected chi connectivity index (χ2v) is 8.28. The number of amides is 1. The smallest absolute Gasteiger partial charge is 0.254 e. The molecule has 2 aromatic rings. The average molecular weight is 397 g/mol. The molecule has 5 heteroatoms. The van der Waals surface area contributed by atoms with Gasteiger partial charge in [0.1, 0.15) is 0 Å². The molecule has 3 rings (SSSR count). The van der Waals surface area contributed by atoms with Crippen molar-refractivity contribution in [3.63, 3.8) is 0 Å². The molecule has 0 aromatic heterocycles. The van der Waals surface area contributed by atoms with Crippen molar-refractivity contribution in [3.05, 3.63) is 59.7 Å². The normalized spacial score (nSPS) is 21.3. The summed E-state index contributed by atoms with van der Waals surface area (Å²) in [4.78, 5) is 17.5. The van der Waals surface area contributed by atoms with Gasteiger partial charge in [-0.2, -0.15) is 0 Å². The van der Waals surface area contributed by atoms with Gasteiger partial charge in [0, 0.05) is 24.6 Å². The van der Waals surface area contributed by atoms with Crippen molar-refractivity contribution < 1.29 is 14.6 Å². The molecule has 2 aromatic carbocycles. The number of benzene rings is 2.